The first-order valence-corrected chi connectivity index (χ1v) is 7.39. The molecule has 0 aromatic heterocycles. The summed E-state index contributed by atoms with van der Waals surface area (Å²) >= 11 is 0. The fraction of sp³-hybridized carbons (Fsp3) is 0.333. The van der Waals surface area contributed by atoms with Gasteiger partial charge in [-0.25, -0.2) is 0 Å². The van der Waals surface area contributed by atoms with Crippen LogP contribution in [0, 0.1) is 0 Å². The molecule has 0 saturated heterocycles. The fourth-order valence-electron chi connectivity index (χ4n) is 2.44. The maximum atomic E-state index is 5.74. The SMILES string of the molecule is CCN(Cc1ccccc1)Cc1cc(CN)ccc1OC. The highest BCUT2D eigenvalue weighted by Crippen LogP contribution is 2.22. The Morgan fingerprint density at radius 3 is 2.38 bits per heavy atom. The molecule has 0 unspecified atom stereocenters. The van der Waals surface area contributed by atoms with E-state index in [4.69, 9.17) is 10.5 Å². The topological polar surface area (TPSA) is 38.5 Å². The number of nitrogens with two attached hydrogens (primary N) is 1. The molecule has 2 N–H and O–H groups in total. The Bertz CT molecular complexity index is 554. The fourth-order valence-corrected chi connectivity index (χ4v) is 2.44. The van der Waals surface area contributed by atoms with Crippen LogP contribution in [0.4, 0.5) is 0 Å². The molecule has 0 amide bonds. The van der Waals surface area contributed by atoms with E-state index in [0.29, 0.717) is 6.54 Å². The molecular formula is C18H24N2O. The molecule has 0 aliphatic carbocycles. The number of hydrogen-bond acceptors (Lipinski definition) is 3. The van der Waals surface area contributed by atoms with E-state index in [0.717, 1.165) is 30.9 Å². The Labute approximate surface area is 127 Å². The average molecular weight is 284 g/mol. The van der Waals surface area contributed by atoms with Crippen LogP contribution in [0.1, 0.15) is 23.6 Å². The van der Waals surface area contributed by atoms with E-state index >= 15 is 0 Å². The van der Waals surface area contributed by atoms with Gasteiger partial charge in [0.25, 0.3) is 0 Å². The zero-order valence-electron chi connectivity index (χ0n) is 12.9. The lowest BCUT2D eigenvalue weighted by Crippen LogP contribution is -2.22. The van der Waals surface area contributed by atoms with Gasteiger partial charge in [0.1, 0.15) is 5.75 Å². The molecule has 21 heavy (non-hydrogen) atoms. The van der Waals surface area contributed by atoms with E-state index in [1.165, 1.54) is 11.1 Å². The minimum Gasteiger partial charge on any atom is -0.496 e. The molecule has 2 aromatic carbocycles. The number of benzene rings is 2. The van der Waals surface area contributed by atoms with E-state index in [2.05, 4.69) is 42.2 Å². The molecule has 3 heteroatoms. The van der Waals surface area contributed by atoms with Gasteiger partial charge >= 0.3 is 0 Å². The van der Waals surface area contributed by atoms with Crippen LogP contribution in [0.3, 0.4) is 0 Å². The zero-order chi connectivity index (χ0) is 15.1. The van der Waals surface area contributed by atoms with Gasteiger partial charge in [0.05, 0.1) is 7.11 Å². The molecule has 0 atom stereocenters. The lowest BCUT2D eigenvalue weighted by molar-refractivity contribution is 0.266. The molecule has 0 fully saturated rings. The summed E-state index contributed by atoms with van der Waals surface area (Å²) in [5.41, 5.74) is 9.40. The van der Waals surface area contributed by atoms with Gasteiger partial charge in [0.2, 0.25) is 0 Å². The minimum absolute atomic E-state index is 0.557. The van der Waals surface area contributed by atoms with Crippen molar-refractivity contribution in [3.63, 3.8) is 0 Å². The van der Waals surface area contributed by atoms with Crippen LogP contribution in [0.5, 0.6) is 5.75 Å². The van der Waals surface area contributed by atoms with Crippen molar-refractivity contribution in [3.05, 3.63) is 65.2 Å². The van der Waals surface area contributed by atoms with E-state index in [9.17, 15) is 0 Å². The van der Waals surface area contributed by atoms with Gasteiger partial charge in [-0.05, 0) is 29.8 Å². The Balaban J connectivity index is 2.14. The molecule has 2 aromatic rings. The van der Waals surface area contributed by atoms with Gasteiger partial charge < -0.3 is 10.5 Å². The second-order valence-corrected chi connectivity index (χ2v) is 5.14. The van der Waals surface area contributed by atoms with Crippen LogP contribution >= 0.6 is 0 Å². The number of methoxy groups -OCH3 is 1. The number of hydrogen-bond donors (Lipinski definition) is 1. The highest BCUT2D eigenvalue weighted by Gasteiger charge is 2.10. The van der Waals surface area contributed by atoms with Gasteiger partial charge in [-0.3, -0.25) is 4.90 Å². The summed E-state index contributed by atoms with van der Waals surface area (Å²) in [5, 5.41) is 0. The Morgan fingerprint density at radius 1 is 1.00 bits per heavy atom. The first-order valence-electron chi connectivity index (χ1n) is 7.39. The van der Waals surface area contributed by atoms with Crippen molar-refractivity contribution in [1.82, 2.24) is 4.90 Å². The smallest absolute Gasteiger partial charge is 0.123 e. The summed E-state index contributed by atoms with van der Waals surface area (Å²) in [6.07, 6.45) is 0. The second kappa shape index (κ2) is 7.81. The quantitative estimate of drug-likeness (QED) is 0.848. The van der Waals surface area contributed by atoms with Crippen molar-refractivity contribution in [2.75, 3.05) is 13.7 Å². The number of ether oxygens (including phenoxy) is 1. The lowest BCUT2D eigenvalue weighted by atomic mass is 10.1. The van der Waals surface area contributed by atoms with Crippen LogP contribution in [-0.4, -0.2) is 18.6 Å². The van der Waals surface area contributed by atoms with Gasteiger partial charge in [0, 0.05) is 25.2 Å². The van der Waals surface area contributed by atoms with Gasteiger partial charge in [-0.1, -0.05) is 43.3 Å². The van der Waals surface area contributed by atoms with Gasteiger partial charge in [0.15, 0.2) is 0 Å². The van der Waals surface area contributed by atoms with Crippen LogP contribution in [0.15, 0.2) is 48.5 Å². The molecule has 0 saturated carbocycles. The summed E-state index contributed by atoms with van der Waals surface area (Å²) in [7, 11) is 1.72. The predicted molar refractivity (Wildman–Crippen MR) is 87.1 cm³/mol. The average Bonchev–Trinajstić information content (AvgIpc) is 2.55. The molecule has 0 bridgehead atoms. The van der Waals surface area contributed by atoms with Crippen LogP contribution in [-0.2, 0) is 19.6 Å². The third-order valence-corrected chi connectivity index (χ3v) is 3.67. The minimum atomic E-state index is 0.557. The van der Waals surface area contributed by atoms with Crippen molar-refractivity contribution in [1.29, 1.82) is 0 Å². The summed E-state index contributed by atoms with van der Waals surface area (Å²) in [6, 6.07) is 16.7. The number of nitrogens with zero attached hydrogens (tertiary/aromatic N) is 1. The van der Waals surface area contributed by atoms with Crippen LogP contribution in [0.2, 0.25) is 0 Å². The maximum Gasteiger partial charge on any atom is 0.123 e. The highest BCUT2D eigenvalue weighted by atomic mass is 16.5. The molecular weight excluding hydrogens is 260 g/mol. The highest BCUT2D eigenvalue weighted by molar-refractivity contribution is 5.37. The standard InChI is InChI=1S/C18H24N2O/c1-3-20(13-15-7-5-4-6-8-15)14-17-11-16(12-19)9-10-18(17)21-2/h4-11H,3,12-14,19H2,1-2H3. The summed E-state index contributed by atoms with van der Waals surface area (Å²) in [5.74, 6) is 0.929. The molecule has 0 aliphatic rings. The molecule has 0 radical (unpaired) electrons. The molecule has 112 valence electrons. The van der Waals surface area contributed by atoms with E-state index in [-0.39, 0.29) is 0 Å². The Morgan fingerprint density at radius 2 is 1.76 bits per heavy atom. The van der Waals surface area contributed by atoms with Crippen molar-refractivity contribution in [3.8, 4) is 5.75 Å². The summed E-state index contributed by atoms with van der Waals surface area (Å²) in [6.45, 7) is 5.53. The third kappa shape index (κ3) is 4.31. The molecule has 2 rings (SSSR count). The first-order chi connectivity index (χ1) is 10.3. The molecule has 3 nitrogen and oxygen atoms in total. The zero-order valence-corrected chi connectivity index (χ0v) is 12.9. The Kier molecular flexibility index (Phi) is 5.78. The van der Waals surface area contributed by atoms with Crippen molar-refractivity contribution < 1.29 is 4.74 Å². The molecule has 0 aliphatic heterocycles. The molecule has 0 spiro atoms. The first kappa shape index (κ1) is 15.5. The lowest BCUT2D eigenvalue weighted by Gasteiger charge is -2.22. The third-order valence-electron chi connectivity index (χ3n) is 3.67. The summed E-state index contributed by atoms with van der Waals surface area (Å²) in [4.78, 5) is 2.40. The maximum absolute atomic E-state index is 5.74. The van der Waals surface area contributed by atoms with Gasteiger partial charge in [-0.15, -0.1) is 0 Å². The predicted octanol–water partition coefficient (Wildman–Crippen LogP) is 3.18. The Hall–Kier alpha value is -1.84. The second-order valence-electron chi connectivity index (χ2n) is 5.14. The normalized spacial score (nSPS) is 10.9. The van der Waals surface area contributed by atoms with Crippen molar-refractivity contribution in [2.45, 2.75) is 26.6 Å². The number of rotatable bonds is 7. The monoisotopic (exact) mass is 284 g/mol. The summed E-state index contributed by atoms with van der Waals surface area (Å²) < 4.78 is 5.47. The van der Waals surface area contributed by atoms with E-state index in [1.807, 2.05) is 18.2 Å². The van der Waals surface area contributed by atoms with Crippen LogP contribution < -0.4 is 10.5 Å². The van der Waals surface area contributed by atoms with Crippen molar-refractivity contribution >= 4 is 0 Å². The van der Waals surface area contributed by atoms with E-state index in [1.54, 1.807) is 7.11 Å². The molecule has 0 heterocycles. The van der Waals surface area contributed by atoms with E-state index < -0.39 is 0 Å². The van der Waals surface area contributed by atoms with Crippen LogP contribution in [0.25, 0.3) is 0 Å². The van der Waals surface area contributed by atoms with Gasteiger partial charge in [-0.2, -0.15) is 0 Å². The van der Waals surface area contributed by atoms with Crippen molar-refractivity contribution in [2.24, 2.45) is 5.73 Å². The largest absolute Gasteiger partial charge is 0.496 e.